The summed E-state index contributed by atoms with van der Waals surface area (Å²) in [5.74, 6) is 0.429. The molecule has 0 radical (unpaired) electrons. The Bertz CT molecular complexity index is 756. The predicted molar refractivity (Wildman–Crippen MR) is 103 cm³/mol. The lowest BCUT2D eigenvalue weighted by Gasteiger charge is -2.34. The summed E-state index contributed by atoms with van der Waals surface area (Å²) < 4.78 is 5.22. The van der Waals surface area contributed by atoms with Gasteiger partial charge in [-0.3, -0.25) is 4.90 Å². The van der Waals surface area contributed by atoms with E-state index in [4.69, 9.17) is 4.74 Å². The third-order valence-electron chi connectivity index (χ3n) is 4.37. The summed E-state index contributed by atoms with van der Waals surface area (Å²) in [6.45, 7) is 7.98. The van der Waals surface area contributed by atoms with E-state index in [0.29, 0.717) is 24.7 Å². The molecule has 2 amide bonds. The molecule has 2 aromatic heterocycles. The molecule has 3 heterocycles. The highest BCUT2D eigenvalue weighted by Gasteiger charge is 2.22. The molecule has 0 bridgehead atoms. The highest BCUT2D eigenvalue weighted by Crippen LogP contribution is 2.22. The molecule has 1 aliphatic rings. The lowest BCUT2D eigenvalue weighted by molar-refractivity contribution is 0.142. The minimum absolute atomic E-state index is 0.114. The van der Waals surface area contributed by atoms with Crippen molar-refractivity contribution in [2.24, 2.45) is 0 Å². The Morgan fingerprint density at radius 2 is 2.12 bits per heavy atom. The summed E-state index contributed by atoms with van der Waals surface area (Å²) in [5, 5.41) is 6.23. The molecule has 0 aromatic carbocycles. The van der Waals surface area contributed by atoms with Crippen molar-refractivity contribution in [2.45, 2.75) is 26.8 Å². The number of urea groups is 1. The maximum atomic E-state index is 12.6. The predicted octanol–water partition coefficient (Wildman–Crippen LogP) is 2.77. The van der Waals surface area contributed by atoms with Gasteiger partial charge in [0.15, 0.2) is 0 Å². The standard InChI is InChI=1S/C18H25N5O2S/c1-4-16-20-14(12-26-16)11-22-5-7-23(8-6-22)18(24)21-15-9-13(2)10-19-17(15)25-3/h9-10,12H,4-8,11H2,1-3H3,(H,21,24). The monoisotopic (exact) mass is 375 g/mol. The third-order valence-corrected chi connectivity index (χ3v) is 5.41. The average Bonchev–Trinajstić information content (AvgIpc) is 3.10. The molecule has 0 unspecified atom stereocenters. The summed E-state index contributed by atoms with van der Waals surface area (Å²) >= 11 is 1.72. The minimum Gasteiger partial charge on any atom is -0.480 e. The van der Waals surface area contributed by atoms with Crippen molar-refractivity contribution < 1.29 is 9.53 Å². The third kappa shape index (κ3) is 4.50. The van der Waals surface area contributed by atoms with Crippen LogP contribution in [0.5, 0.6) is 5.88 Å². The molecule has 0 aliphatic carbocycles. The average molecular weight is 375 g/mol. The Labute approximate surface area is 158 Å². The van der Waals surface area contributed by atoms with Crippen LogP contribution in [0.15, 0.2) is 17.6 Å². The zero-order valence-electron chi connectivity index (χ0n) is 15.5. The van der Waals surface area contributed by atoms with Crippen molar-refractivity contribution in [3.05, 3.63) is 33.9 Å². The molecule has 1 fully saturated rings. The lowest BCUT2D eigenvalue weighted by atomic mass is 10.3. The van der Waals surface area contributed by atoms with Gasteiger partial charge in [-0.25, -0.2) is 14.8 Å². The Morgan fingerprint density at radius 1 is 1.35 bits per heavy atom. The fraction of sp³-hybridized carbons (Fsp3) is 0.500. The van der Waals surface area contributed by atoms with Gasteiger partial charge in [0.05, 0.1) is 17.8 Å². The van der Waals surface area contributed by atoms with E-state index in [1.54, 1.807) is 24.6 Å². The molecule has 0 saturated carbocycles. The van der Waals surface area contributed by atoms with Crippen LogP contribution in [0.3, 0.4) is 0 Å². The van der Waals surface area contributed by atoms with Gasteiger partial charge >= 0.3 is 6.03 Å². The fourth-order valence-corrected chi connectivity index (χ4v) is 3.66. The number of methoxy groups -OCH3 is 1. The van der Waals surface area contributed by atoms with E-state index in [2.05, 4.69) is 32.5 Å². The number of nitrogens with zero attached hydrogens (tertiary/aromatic N) is 4. The van der Waals surface area contributed by atoms with E-state index in [0.717, 1.165) is 37.3 Å². The summed E-state index contributed by atoms with van der Waals surface area (Å²) in [6, 6.07) is 1.75. The van der Waals surface area contributed by atoms with Gasteiger partial charge < -0.3 is 15.0 Å². The number of pyridine rings is 1. The SMILES string of the molecule is CCc1nc(CN2CCN(C(=O)Nc3cc(C)cnc3OC)CC2)cs1. The van der Waals surface area contributed by atoms with Crippen LogP contribution in [0, 0.1) is 6.92 Å². The molecule has 140 valence electrons. The minimum atomic E-state index is -0.114. The van der Waals surface area contributed by atoms with Gasteiger partial charge in [-0.2, -0.15) is 0 Å². The van der Waals surface area contributed by atoms with Crippen molar-refractivity contribution in [2.75, 3.05) is 38.6 Å². The largest absolute Gasteiger partial charge is 0.480 e. The first-order chi connectivity index (χ1) is 12.6. The van der Waals surface area contributed by atoms with E-state index in [1.807, 2.05) is 17.9 Å². The van der Waals surface area contributed by atoms with Crippen LogP contribution in [0.1, 0.15) is 23.2 Å². The highest BCUT2D eigenvalue weighted by molar-refractivity contribution is 7.09. The van der Waals surface area contributed by atoms with Gasteiger partial charge in [0.25, 0.3) is 0 Å². The number of hydrogen-bond donors (Lipinski definition) is 1. The normalized spacial score (nSPS) is 15.1. The topological polar surface area (TPSA) is 70.6 Å². The number of carbonyl (C=O) groups excluding carboxylic acids is 1. The number of rotatable bonds is 5. The molecule has 3 rings (SSSR count). The van der Waals surface area contributed by atoms with Crippen LogP contribution >= 0.6 is 11.3 Å². The number of ether oxygens (including phenoxy) is 1. The van der Waals surface area contributed by atoms with Gasteiger partial charge in [0, 0.05) is 44.3 Å². The molecule has 8 heteroatoms. The van der Waals surface area contributed by atoms with Crippen LogP contribution in [-0.4, -0.2) is 59.1 Å². The second-order valence-corrected chi connectivity index (χ2v) is 7.29. The van der Waals surface area contributed by atoms with E-state index in [1.165, 1.54) is 5.01 Å². The van der Waals surface area contributed by atoms with Crippen molar-refractivity contribution >= 4 is 23.1 Å². The number of hydrogen-bond acceptors (Lipinski definition) is 6. The van der Waals surface area contributed by atoms with E-state index < -0.39 is 0 Å². The Hall–Kier alpha value is -2.19. The van der Waals surface area contributed by atoms with E-state index in [-0.39, 0.29) is 6.03 Å². The summed E-state index contributed by atoms with van der Waals surface area (Å²) in [7, 11) is 1.55. The number of nitrogens with one attached hydrogen (secondary N) is 1. The van der Waals surface area contributed by atoms with Gasteiger partial charge in [0.1, 0.15) is 5.69 Å². The molecule has 0 atom stereocenters. The maximum absolute atomic E-state index is 12.6. The van der Waals surface area contributed by atoms with Gasteiger partial charge in [-0.05, 0) is 25.0 Å². The number of carbonyl (C=O) groups is 1. The number of aromatic nitrogens is 2. The zero-order chi connectivity index (χ0) is 18.5. The van der Waals surface area contributed by atoms with Crippen LogP contribution in [-0.2, 0) is 13.0 Å². The van der Waals surface area contributed by atoms with Gasteiger partial charge in [-0.15, -0.1) is 11.3 Å². The van der Waals surface area contributed by atoms with Crippen molar-refractivity contribution in [3.63, 3.8) is 0 Å². The summed E-state index contributed by atoms with van der Waals surface area (Å²) in [4.78, 5) is 25.5. The Balaban J connectivity index is 1.53. The Morgan fingerprint density at radius 3 is 2.77 bits per heavy atom. The van der Waals surface area contributed by atoms with Crippen molar-refractivity contribution in [1.82, 2.24) is 19.8 Å². The molecule has 0 spiro atoms. The molecule has 1 N–H and O–H groups in total. The molecule has 1 saturated heterocycles. The van der Waals surface area contributed by atoms with Crippen molar-refractivity contribution in [3.8, 4) is 5.88 Å². The van der Waals surface area contributed by atoms with Crippen LogP contribution in [0.25, 0.3) is 0 Å². The number of piperazine rings is 1. The second kappa shape index (κ2) is 8.46. The molecule has 26 heavy (non-hydrogen) atoms. The zero-order valence-corrected chi connectivity index (χ0v) is 16.3. The second-order valence-electron chi connectivity index (χ2n) is 6.35. The molecule has 1 aliphatic heterocycles. The van der Waals surface area contributed by atoms with Crippen LogP contribution in [0.2, 0.25) is 0 Å². The molecular weight excluding hydrogens is 350 g/mol. The van der Waals surface area contributed by atoms with Gasteiger partial charge in [-0.1, -0.05) is 6.92 Å². The molecular formula is C18H25N5O2S. The maximum Gasteiger partial charge on any atom is 0.322 e. The number of thiazole rings is 1. The fourth-order valence-electron chi connectivity index (χ4n) is 2.93. The summed E-state index contributed by atoms with van der Waals surface area (Å²) in [5.41, 5.74) is 2.70. The molecule has 7 nitrogen and oxygen atoms in total. The van der Waals surface area contributed by atoms with E-state index in [9.17, 15) is 4.79 Å². The molecule has 2 aromatic rings. The number of amides is 2. The number of aryl methyl sites for hydroxylation is 2. The van der Waals surface area contributed by atoms with Crippen LogP contribution < -0.4 is 10.1 Å². The highest BCUT2D eigenvalue weighted by atomic mass is 32.1. The first kappa shape index (κ1) is 18.6. The lowest BCUT2D eigenvalue weighted by Crippen LogP contribution is -2.49. The van der Waals surface area contributed by atoms with Crippen LogP contribution in [0.4, 0.5) is 10.5 Å². The summed E-state index contributed by atoms with van der Waals surface area (Å²) in [6.07, 6.45) is 2.70. The number of anilines is 1. The quantitative estimate of drug-likeness (QED) is 0.870. The van der Waals surface area contributed by atoms with E-state index >= 15 is 0 Å². The van der Waals surface area contributed by atoms with Crippen molar-refractivity contribution in [1.29, 1.82) is 0 Å². The first-order valence-electron chi connectivity index (χ1n) is 8.81. The smallest absolute Gasteiger partial charge is 0.322 e. The van der Waals surface area contributed by atoms with Gasteiger partial charge in [0.2, 0.25) is 5.88 Å². The Kier molecular flexibility index (Phi) is 6.05. The first-order valence-corrected chi connectivity index (χ1v) is 9.69.